The van der Waals surface area contributed by atoms with Gasteiger partial charge in [-0.2, -0.15) is 0 Å². The van der Waals surface area contributed by atoms with Crippen LogP contribution < -0.4 is 0 Å². The number of ketones is 3. The van der Waals surface area contributed by atoms with Crippen molar-refractivity contribution in [3.8, 4) is 0 Å². The Morgan fingerprint density at radius 2 is 1.72 bits per heavy atom. The number of Topliss-reactive ketones (excluding diaryl/α,β-unsaturated/α-hetero) is 2. The molecule has 0 saturated heterocycles. The van der Waals surface area contributed by atoms with Gasteiger partial charge >= 0.3 is 5.97 Å². The smallest absolute Gasteiger partial charge is 0.306 e. The number of rotatable bonds is 0. The van der Waals surface area contributed by atoms with E-state index in [4.69, 9.17) is 0 Å². The lowest BCUT2D eigenvalue weighted by Gasteiger charge is -2.03. The molecule has 0 N–H and O–H groups in total. The third kappa shape index (κ3) is 5.89. The van der Waals surface area contributed by atoms with E-state index in [0.717, 1.165) is 0 Å². The van der Waals surface area contributed by atoms with Gasteiger partial charge < -0.3 is 4.74 Å². The molecule has 18 heavy (non-hydrogen) atoms. The molecule has 5 heteroatoms. The lowest BCUT2D eigenvalue weighted by molar-refractivity contribution is -0.149. The molecule has 0 aromatic carbocycles. The van der Waals surface area contributed by atoms with E-state index in [-0.39, 0.29) is 37.2 Å². The maximum Gasteiger partial charge on any atom is 0.306 e. The zero-order valence-corrected chi connectivity index (χ0v) is 9.89. The Morgan fingerprint density at radius 1 is 0.944 bits per heavy atom. The maximum atomic E-state index is 11.3. The zero-order chi connectivity index (χ0) is 13.4. The van der Waals surface area contributed by atoms with E-state index in [2.05, 4.69) is 4.74 Å². The van der Waals surface area contributed by atoms with E-state index in [1.165, 1.54) is 12.2 Å². The Labute approximate surface area is 104 Å². The van der Waals surface area contributed by atoms with Gasteiger partial charge in [-0.15, -0.1) is 0 Å². The number of ether oxygens (including phenoxy) is 1. The molecule has 0 radical (unpaired) electrons. The Hall–Kier alpha value is -2.04. The molecule has 1 rings (SSSR count). The molecule has 0 unspecified atom stereocenters. The molecule has 0 bridgehead atoms. The molecule has 0 aliphatic carbocycles. The van der Waals surface area contributed by atoms with Gasteiger partial charge in [-0.3, -0.25) is 19.2 Å². The van der Waals surface area contributed by atoms with Gasteiger partial charge in [-0.25, -0.2) is 0 Å². The van der Waals surface area contributed by atoms with E-state index in [1.54, 1.807) is 12.2 Å². The third-order valence-electron chi connectivity index (χ3n) is 2.25. The van der Waals surface area contributed by atoms with Gasteiger partial charge in [0.25, 0.3) is 0 Å². The van der Waals surface area contributed by atoms with Gasteiger partial charge in [0, 0.05) is 12.8 Å². The highest BCUT2D eigenvalue weighted by Crippen LogP contribution is 2.01. The molecule has 0 fully saturated rings. The van der Waals surface area contributed by atoms with Crippen LogP contribution in [0.1, 0.15) is 25.7 Å². The molecule has 5 nitrogen and oxygen atoms in total. The average Bonchev–Trinajstić information content (AvgIpc) is 2.32. The van der Waals surface area contributed by atoms with Crippen molar-refractivity contribution in [3.63, 3.8) is 0 Å². The van der Waals surface area contributed by atoms with Crippen molar-refractivity contribution in [2.24, 2.45) is 0 Å². The standard InChI is InChI=1S/C13H14O5/c14-10-4-2-1-3-5-11(15)8-12(16)9-18-13(17)7-6-10/h1-3,5H,4,6-9H2/b2-1-,5-3+. The quantitative estimate of drug-likeness (QED) is 0.472. The van der Waals surface area contributed by atoms with Gasteiger partial charge in [-0.05, 0) is 6.08 Å². The molecule has 1 aliphatic rings. The number of allylic oxidation sites excluding steroid dienone is 4. The molecular weight excluding hydrogens is 236 g/mol. The lowest BCUT2D eigenvalue weighted by atomic mass is 10.1. The van der Waals surface area contributed by atoms with E-state index in [9.17, 15) is 19.2 Å². The number of hydrogen-bond donors (Lipinski definition) is 0. The second-order valence-corrected chi connectivity index (χ2v) is 3.87. The minimum atomic E-state index is -0.597. The molecule has 0 saturated carbocycles. The largest absolute Gasteiger partial charge is 0.458 e. The highest BCUT2D eigenvalue weighted by atomic mass is 16.5. The van der Waals surface area contributed by atoms with Crippen LogP contribution in [-0.4, -0.2) is 29.9 Å². The number of hydrogen-bond acceptors (Lipinski definition) is 5. The van der Waals surface area contributed by atoms with Crippen molar-refractivity contribution in [2.75, 3.05) is 6.61 Å². The van der Waals surface area contributed by atoms with Gasteiger partial charge in [-0.1, -0.05) is 18.2 Å². The summed E-state index contributed by atoms with van der Waals surface area (Å²) < 4.78 is 4.66. The van der Waals surface area contributed by atoms with E-state index < -0.39 is 18.4 Å². The summed E-state index contributed by atoms with van der Waals surface area (Å²) >= 11 is 0. The number of esters is 1. The first-order chi connectivity index (χ1) is 8.58. The highest BCUT2D eigenvalue weighted by molar-refractivity contribution is 6.05. The SMILES string of the molecule is O=C1/C=C/C=C\CC(=O)CCC(=O)OCC(=O)C1. The molecule has 96 valence electrons. The molecule has 1 heterocycles. The Balaban J connectivity index is 2.66. The Bertz CT molecular complexity index is 417. The Morgan fingerprint density at radius 3 is 2.50 bits per heavy atom. The summed E-state index contributed by atoms with van der Waals surface area (Å²) in [7, 11) is 0. The summed E-state index contributed by atoms with van der Waals surface area (Å²) in [6.07, 6.45) is 5.91. The third-order valence-corrected chi connectivity index (χ3v) is 2.25. The molecular formula is C13H14O5. The molecule has 0 atom stereocenters. The monoisotopic (exact) mass is 250 g/mol. The number of cyclic esters (lactones) is 1. The van der Waals surface area contributed by atoms with Gasteiger partial charge in [0.1, 0.15) is 12.4 Å². The number of carbonyl (C=O) groups excluding carboxylic acids is 4. The molecule has 0 amide bonds. The van der Waals surface area contributed by atoms with Crippen LogP contribution in [0.25, 0.3) is 0 Å². The van der Waals surface area contributed by atoms with Crippen LogP contribution in [0.5, 0.6) is 0 Å². The minimum absolute atomic E-state index is 0.0380. The molecule has 1 aliphatic heterocycles. The van der Waals surface area contributed by atoms with Crippen LogP contribution in [0.4, 0.5) is 0 Å². The van der Waals surface area contributed by atoms with E-state index in [0.29, 0.717) is 0 Å². The van der Waals surface area contributed by atoms with Crippen LogP contribution in [0.15, 0.2) is 24.3 Å². The normalized spacial score (nSPS) is 23.1. The van der Waals surface area contributed by atoms with E-state index >= 15 is 0 Å². The van der Waals surface area contributed by atoms with Crippen molar-refractivity contribution in [3.05, 3.63) is 24.3 Å². The molecule has 0 aromatic heterocycles. The fraction of sp³-hybridized carbons (Fsp3) is 0.385. The summed E-state index contributed by atoms with van der Waals surface area (Å²) in [5.41, 5.74) is 0. The predicted octanol–water partition coefficient (Wildman–Crippen LogP) is 0.923. The summed E-state index contributed by atoms with van der Waals surface area (Å²) in [6, 6.07) is 0. The Kier molecular flexibility index (Phi) is 5.70. The predicted molar refractivity (Wildman–Crippen MR) is 62.7 cm³/mol. The fourth-order valence-electron chi connectivity index (χ4n) is 1.32. The fourth-order valence-corrected chi connectivity index (χ4v) is 1.32. The van der Waals surface area contributed by atoms with Crippen LogP contribution in [0, 0.1) is 0 Å². The maximum absolute atomic E-state index is 11.3. The zero-order valence-electron chi connectivity index (χ0n) is 9.89. The topological polar surface area (TPSA) is 77.5 Å². The van der Waals surface area contributed by atoms with Crippen molar-refractivity contribution in [2.45, 2.75) is 25.7 Å². The minimum Gasteiger partial charge on any atom is -0.458 e. The average molecular weight is 250 g/mol. The summed E-state index contributed by atoms with van der Waals surface area (Å²) in [4.78, 5) is 45.0. The summed E-state index contributed by atoms with van der Waals surface area (Å²) in [5, 5.41) is 0. The van der Waals surface area contributed by atoms with E-state index in [1.807, 2.05) is 0 Å². The van der Waals surface area contributed by atoms with Crippen molar-refractivity contribution >= 4 is 23.3 Å². The van der Waals surface area contributed by atoms with Crippen molar-refractivity contribution in [1.29, 1.82) is 0 Å². The first-order valence-corrected chi connectivity index (χ1v) is 5.63. The second kappa shape index (κ2) is 7.32. The lowest BCUT2D eigenvalue weighted by Crippen LogP contribution is -2.17. The van der Waals surface area contributed by atoms with Crippen LogP contribution in [0.2, 0.25) is 0 Å². The van der Waals surface area contributed by atoms with Gasteiger partial charge in [0.2, 0.25) is 0 Å². The highest BCUT2D eigenvalue weighted by Gasteiger charge is 2.12. The summed E-state index contributed by atoms with van der Waals surface area (Å²) in [5.74, 6) is -1.50. The van der Waals surface area contributed by atoms with Crippen LogP contribution >= 0.6 is 0 Å². The van der Waals surface area contributed by atoms with Gasteiger partial charge in [0.05, 0.1) is 12.8 Å². The molecule has 0 aromatic rings. The first-order valence-electron chi connectivity index (χ1n) is 5.63. The first kappa shape index (κ1) is 14.0. The van der Waals surface area contributed by atoms with Crippen molar-refractivity contribution < 1.29 is 23.9 Å². The van der Waals surface area contributed by atoms with Crippen LogP contribution in [0.3, 0.4) is 0 Å². The molecule has 0 spiro atoms. The van der Waals surface area contributed by atoms with Crippen molar-refractivity contribution in [1.82, 2.24) is 0 Å². The number of carbonyl (C=O) groups is 4. The van der Waals surface area contributed by atoms with Crippen LogP contribution in [-0.2, 0) is 23.9 Å². The summed E-state index contributed by atoms with van der Waals surface area (Å²) in [6.45, 7) is -0.414. The van der Waals surface area contributed by atoms with Gasteiger partial charge in [0.15, 0.2) is 11.6 Å². The second-order valence-electron chi connectivity index (χ2n) is 3.87.